The molecule has 2 aromatic carbocycles. The highest BCUT2D eigenvalue weighted by Gasteiger charge is 2.12. The van der Waals surface area contributed by atoms with Gasteiger partial charge in [-0.3, -0.25) is 0 Å². The first kappa shape index (κ1) is 12.3. The second kappa shape index (κ2) is 4.72. The Bertz CT molecular complexity index is 754. The van der Waals surface area contributed by atoms with E-state index in [0.717, 1.165) is 32.2 Å². The van der Waals surface area contributed by atoms with Gasteiger partial charge in [0.15, 0.2) is 0 Å². The number of nitrogens with zero attached hydrogens (tertiary/aromatic N) is 1. The highest BCUT2D eigenvalue weighted by Crippen LogP contribution is 2.37. The largest absolute Gasteiger partial charge is 0.496 e. The van der Waals surface area contributed by atoms with Crippen LogP contribution in [-0.2, 0) is 0 Å². The molecular weight excluding hydrogens is 280 g/mol. The number of hydrogen-bond acceptors (Lipinski definition) is 4. The summed E-state index contributed by atoms with van der Waals surface area (Å²) in [7, 11) is 1.64. The quantitative estimate of drug-likeness (QED) is 0.719. The molecule has 0 amide bonds. The number of hydrogen-bond donors (Lipinski definition) is 1. The van der Waals surface area contributed by atoms with E-state index in [-0.39, 0.29) is 0 Å². The maximum absolute atomic E-state index is 6.05. The van der Waals surface area contributed by atoms with Crippen LogP contribution in [0.1, 0.15) is 0 Å². The maximum atomic E-state index is 6.05. The van der Waals surface area contributed by atoms with E-state index in [0.29, 0.717) is 5.02 Å². The Morgan fingerprint density at radius 3 is 2.84 bits per heavy atom. The highest BCUT2D eigenvalue weighted by molar-refractivity contribution is 7.21. The molecule has 19 heavy (non-hydrogen) atoms. The van der Waals surface area contributed by atoms with Crippen LogP contribution in [0.3, 0.4) is 0 Å². The van der Waals surface area contributed by atoms with Crippen LogP contribution >= 0.6 is 22.9 Å². The topological polar surface area (TPSA) is 48.1 Å². The average Bonchev–Trinajstić information content (AvgIpc) is 2.81. The third-order valence-electron chi connectivity index (χ3n) is 2.80. The van der Waals surface area contributed by atoms with Crippen molar-refractivity contribution in [2.24, 2.45) is 0 Å². The first-order valence-corrected chi connectivity index (χ1v) is 6.87. The van der Waals surface area contributed by atoms with Gasteiger partial charge in [0.05, 0.1) is 22.9 Å². The van der Waals surface area contributed by atoms with Crippen LogP contribution in [0.4, 0.5) is 5.69 Å². The van der Waals surface area contributed by atoms with Gasteiger partial charge in [-0.15, -0.1) is 11.3 Å². The van der Waals surface area contributed by atoms with Crippen molar-refractivity contribution in [1.29, 1.82) is 0 Å². The van der Waals surface area contributed by atoms with E-state index in [1.807, 2.05) is 30.3 Å². The molecule has 0 atom stereocenters. The number of benzene rings is 2. The van der Waals surface area contributed by atoms with Gasteiger partial charge >= 0.3 is 0 Å². The number of methoxy groups -OCH3 is 1. The van der Waals surface area contributed by atoms with E-state index in [1.54, 1.807) is 24.5 Å². The fourth-order valence-electron chi connectivity index (χ4n) is 1.90. The molecule has 3 rings (SSSR count). The fraction of sp³-hybridized carbons (Fsp3) is 0.0714. The minimum absolute atomic E-state index is 0.662. The zero-order valence-corrected chi connectivity index (χ0v) is 11.8. The van der Waals surface area contributed by atoms with Gasteiger partial charge in [-0.2, -0.15) is 0 Å². The zero-order chi connectivity index (χ0) is 13.4. The lowest BCUT2D eigenvalue weighted by Crippen LogP contribution is -1.87. The van der Waals surface area contributed by atoms with Crippen molar-refractivity contribution in [3.63, 3.8) is 0 Å². The molecule has 0 aliphatic rings. The minimum Gasteiger partial charge on any atom is -0.496 e. The molecule has 3 aromatic rings. The van der Waals surface area contributed by atoms with E-state index in [1.165, 1.54) is 0 Å². The van der Waals surface area contributed by atoms with Gasteiger partial charge in [-0.25, -0.2) is 4.98 Å². The Labute approximate surface area is 119 Å². The van der Waals surface area contributed by atoms with Crippen LogP contribution < -0.4 is 10.5 Å². The van der Waals surface area contributed by atoms with Crippen LogP contribution in [0.25, 0.3) is 20.8 Å². The van der Waals surface area contributed by atoms with E-state index in [2.05, 4.69) is 4.98 Å². The summed E-state index contributed by atoms with van der Waals surface area (Å²) in [5, 5.41) is 1.54. The normalized spacial score (nSPS) is 10.8. The van der Waals surface area contributed by atoms with Gasteiger partial charge in [0.2, 0.25) is 0 Å². The number of anilines is 1. The Balaban J connectivity index is 2.21. The lowest BCUT2D eigenvalue weighted by atomic mass is 10.2. The molecule has 0 aliphatic heterocycles. The Hall–Kier alpha value is -1.78. The molecule has 5 heteroatoms. The lowest BCUT2D eigenvalue weighted by molar-refractivity contribution is 0.416. The molecule has 0 saturated heterocycles. The van der Waals surface area contributed by atoms with Gasteiger partial charge in [0.1, 0.15) is 10.8 Å². The number of thiazole rings is 1. The maximum Gasteiger partial charge on any atom is 0.129 e. The molecule has 0 unspecified atom stereocenters. The summed E-state index contributed by atoms with van der Waals surface area (Å²) in [6.45, 7) is 0. The number of ether oxygens (including phenoxy) is 1. The molecule has 2 N–H and O–H groups in total. The predicted molar refractivity (Wildman–Crippen MR) is 81.0 cm³/mol. The molecule has 0 saturated carbocycles. The van der Waals surface area contributed by atoms with Crippen molar-refractivity contribution >= 4 is 38.8 Å². The monoisotopic (exact) mass is 290 g/mol. The summed E-state index contributed by atoms with van der Waals surface area (Å²) in [5.41, 5.74) is 8.35. The van der Waals surface area contributed by atoms with Crippen LogP contribution in [0, 0.1) is 0 Å². The van der Waals surface area contributed by atoms with Gasteiger partial charge in [-0.1, -0.05) is 11.6 Å². The third-order valence-corrected chi connectivity index (χ3v) is 4.09. The van der Waals surface area contributed by atoms with Crippen LogP contribution in [0.2, 0.25) is 5.02 Å². The molecule has 0 bridgehead atoms. The number of nitrogen functional groups attached to an aromatic ring is 1. The molecule has 3 nitrogen and oxygen atoms in total. The zero-order valence-electron chi connectivity index (χ0n) is 10.2. The summed E-state index contributed by atoms with van der Waals surface area (Å²) < 4.78 is 6.41. The molecule has 96 valence electrons. The van der Waals surface area contributed by atoms with E-state index in [9.17, 15) is 0 Å². The number of aromatic nitrogens is 1. The van der Waals surface area contributed by atoms with Gasteiger partial charge < -0.3 is 10.5 Å². The molecule has 0 fully saturated rings. The van der Waals surface area contributed by atoms with Crippen molar-refractivity contribution in [1.82, 2.24) is 4.98 Å². The van der Waals surface area contributed by atoms with E-state index in [4.69, 9.17) is 22.1 Å². The van der Waals surface area contributed by atoms with Crippen molar-refractivity contribution in [2.45, 2.75) is 0 Å². The summed E-state index contributed by atoms with van der Waals surface area (Å²) in [5.74, 6) is 0.761. The molecule has 0 aliphatic carbocycles. The predicted octanol–water partition coefficient (Wildman–Crippen LogP) is 4.21. The second-order valence-electron chi connectivity index (χ2n) is 4.09. The number of nitrogens with two attached hydrogens (primary N) is 1. The lowest BCUT2D eigenvalue weighted by Gasteiger charge is -2.05. The SMILES string of the molecule is COc1ccc(Cl)cc1-c1nc2ccc(N)cc2s1. The number of fused-ring (bicyclic) bond motifs is 1. The van der Waals surface area contributed by atoms with Crippen molar-refractivity contribution in [2.75, 3.05) is 12.8 Å². The first-order valence-electron chi connectivity index (χ1n) is 5.67. The fourth-order valence-corrected chi connectivity index (χ4v) is 3.11. The molecule has 0 spiro atoms. The van der Waals surface area contributed by atoms with Crippen LogP contribution in [0.5, 0.6) is 5.75 Å². The number of halogens is 1. The highest BCUT2D eigenvalue weighted by atomic mass is 35.5. The molecule has 1 aromatic heterocycles. The van der Waals surface area contributed by atoms with Crippen LogP contribution in [0.15, 0.2) is 36.4 Å². The van der Waals surface area contributed by atoms with Crippen molar-refractivity contribution in [3.05, 3.63) is 41.4 Å². The Morgan fingerprint density at radius 1 is 1.21 bits per heavy atom. The van der Waals surface area contributed by atoms with E-state index >= 15 is 0 Å². The van der Waals surface area contributed by atoms with Gasteiger partial charge in [-0.05, 0) is 36.4 Å². The van der Waals surface area contributed by atoms with E-state index < -0.39 is 0 Å². The summed E-state index contributed by atoms with van der Waals surface area (Å²) in [6.07, 6.45) is 0. The van der Waals surface area contributed by atoms with Crippen molar-refractivity contribution in [3.8, 4) is 16.3 Å². The third kappa shape index (κ3) is 2.25. The molecule has 1 heterocycles. The Kier molecular flexibility index (Phi) is 3.05. The first-order chi connectivity index (χ1) is 9.17. The summed E-state index contributed by atoms with van der Waals surface area (Å²) in [4.78, 5) is 4.60. The van der Waals surface area contributed by atoms with Crippen molar-refractivity contribution < 1.29 is 4.74 Å². The summed E-state index contributed by atoms with van der Waals surface area (Å²) in [6, 6.07) is 11.2. The second-order valence-corrected chi connectivity index (χ2v) is 5.56. The average molecular weight is 291 g/mol. The number of rotatable bonds is 2. The summed E-state index contributed by atoms with van der Waals surface area (Å²) >= 11 is 7.62. The molecule has 0 radical (unpaired) electrons. The smallest absolute Gasteiger partial charge is 0.129 e. The van der Waals surface area contributed by atoms with Gasteiger partial charge in [0, 0.05) is 10.7 Å². The Morgan fingerprint density at radius 2 is 2.05 bits per heavy atom. The standard InChI is InChI=1S/C14H11ClN2OS/c1-18-12-5-2-8(15)6-10(12)14-17-11-4-3-9(16)7-13(11)19-14/h2-7H,16H2,1H3. The van der Waals surface area contributed by atoms with Gasteiger partial charge in [0.25, 0.3) is 0 Å². The molecular formula is C14H11ClN2OS. The van der Waals surface area contributed by atoms with Crippen LogP contribution in [-0.4, -0.2) is 12.1 Å². The minimum atomic E-state index is 0.662.